The lowest BCUT2D eigenvalue weighted by Gasteiger charge is -2.44. The first-order chi connectivity index (χ1) is 8.29. The topological polar surface area (TPSA) is 29.3 Å². The Balaban J connectivity index is 2.92. The number of rotatable bonds is 5. The van der Waals surface area contributed by atoms with Gasteiger partial charge in [0.25, 0.3) is 0 Å². The molecule has 3 unspecified atom stereocenters. The van der Waals surface area contributed by atoms with E-state index in [2.05, 4.69) is 64.1 Å². The van der Waals surface area contributed by atoms with Crippen molar-refractivity contribution in [1.29, 1.82) is 0 Å². The number of nitrogens with zero attached hydrogens (tertiary/aromatic N) is 1. The second-order valence-electron chi connectivity index (χ2n) is 6.24. The van der Waals surface area contributed by atoms with Gasteiger partial charge in [-0.2, -0.15) is 0 Å². The third-order valence-electron chi connectivity index (χ3n) is 3.77. The van der Waals surface area contributed by atoms with Crippen LogP contribution in [-0.4, -0.2) is 24.0 Å². The molecule has 0 aliphatic heterocycles. The molecule has 2 nitrogen and oxygen atoms in total. The zero-order valence-corrected chi connectivity index (χ0v) is 13.4. The van der Waals surface area contributed by atoms with E-state index < -0.39 is 0 Å². The van der Waals surface area contributed by atoms with Crippen molar-refractivity contribution >= 4 is 11.3 Å². The smallest absolute Gasteiger partial charge is 0.0414 e. The van der Waals surface area contributed by atoms with Crippen LogP contribution in [0.4, 0.5) is 0 Å². The number of likely N-dealkylation sites (N-methyl/N-ethyl adjacent to an activating group) is 1. The first-order valence-electron chi connectivity index (χ1n) is 6.80. The summed E-state index contributed by atoms with van der Waals surface area (Å²) in [6, 6.07) is 5.36. The molecule has 0 amide bonds. The molecule has 0 saturated heterocycles. The van der Waals surface area contributed by atoms with Crippen molar-refractivity contribution in [2.24, 2.45) is 11.1 Å². The first-order valence-corrected chi connectivity index (χ1v) is 7.68. The fraction of sp³-hybridized carbons (Fsp3) is 0.733. The van der Waals surface area contributed by atoms with Crippen molar-refractivity contribution in [2.45, 2.75) is 59.2 Å². The first kappa shape index (κ1) is 15.7. The van der Waals surface area contributed by atoms with Gasteiger partial charge in [-0.25, -0.2) is 0 Å². The SMILES string of the molecule is CCC(N)C(N(C)C(C)c1cccs1)C(C)(C)C. The van der Waals surface area contributed by atoms with Crippen LogP contribution in [0.15, 0.2) is 17.5 Å². The predicted molar refractivity (Wildman–Crippen MR) is 82.0 cm³/mol. The average Bonchev–Trinajstić information content (AvgIpc) is 2.79. The van der Waals surface area contributed by atoms with E-state index in [-0.39, 0.29) is 11.5 Å². The Hall–Kier alpha value is -0.380. The molecule has 0 spiro atoms. The third-order valence-corrected chi connectivity index (χ3v) is 4.81. The quantitative estimate of drug-likeness (QED) is 0.877. The van der Waals surface area contributed by atoms with Crippen molar-refractivity contribution in [3.63, 3.8) is 0 Å². The molecule has 0 radical (unpaired) electrons. The second-order valence-corrected chi connectivity index (χ2v) is 7.22. The highest BCUT2D eigenvalue weighted by molar-refractivity contribution is 7.10. The maximum atomic E-state index is 6.36. The Morgan fingerprint density at radius 1 is 1.39 bits per heavy atom. The van der Waals surface area contributed by atoms with E-state index >= 15 is 0 Å². The van der Waals surface area contributed by atoms with E-state index in [4.69, 9.17) is 5.73 Å². The highest BCUT2D eigenvalue weighted by Gasteiger charge is 2.35. The maximum Gasteiger partial charge on any atom is 0.0414 e. The molecule has 1 aromatic heterocycles. The minimum absolute atomic E-state index is 0.190. The average molecular weight is 268 g/mol. The molecule has 3 heteroatoms. The molecule has 0 aromatic carbocycles. The van der Waals surface area contributed by atoms with E-state index in [9.17, 15) is 0 Å². The minimum atomic E-state index is 0.190. The Labute approximate surface area is 116 Å². The molecule has 18 heavy (non-hydrogen) atoms. The summed E-state index contributed by atoms with van der Waals surface area (Å²) in [4.78, 5) is 3.86. The van der Waals surface area contributed by atoms with Crippen LogP contribution < -0.4 is 5.73 Å². The standard InChI is InChI=1S/C15H28N2S/c1-7-12(16)14(15(3,4)5)17(6)11(2)13-9-8-10-18-13/h8-12,14H,7,16H2,1-6H3. The van der Waals surface area contributed by atoms with Crippen LogP contribution in [0.5, 0.6) is 0 Å². The molecular formula is C15H28N2S. The van der Waals surface area contributed by atoms with Gasteiger partial charge >= 0.3 is 0 Å². The van der Waals surface area contributed by atoms with Gasteiger partial charge in [-0.3, -0.25) is 4.90 Å². The Morgan fingerprint density at radius 3 is 2.39 bits per heavy atom. The van der Waals surface area contributed by atoms with E-state index in [1.807, 2.05) is 11.3 Å². The maximum absolute atomic E-state index is 6.36. The summed E-state index contributed by atoms with van der Waals surface area (Å²) in [5.74, 6) is 0. The van der Waals surface area contributed by atoms with Gasteiger partial charge in [0.2, 0.25) is 0 Å². The third kappa shape index (κ3) is 3.56. The van der Waals surface area contributed by atoms with Crippen molar-refractivity contribution in [1.82, 2.24) is 4.90 Å². The van der Waals surface area contributed by atoms with E-state index in [1.54, 1.807) is 0 Å². The molecule has 104 valence electrons. The lowest BCUT2D eigenvalue weighted by atomic mass is 9.80. The van der Waals surface area contributed by atoms with Crippen molar-refractivity contribution < 1.29 is 0 Å². The fourth-order valence-electron chi connectivity index (χ4n) is 2.75. The van der Waals surface area contributed by atoms with Crippen molar-refractivity contribution in [3.8, 4) is 0 Å². The van der Waals surface area contributed by atoms with Crippen molar-refractivity contribution in [3.05, 3.63) is 22.4 Å². The summed E-state index contributed by atoms with van der Waals surface area (Å²) < 4.78 is 0. The van der Waals surface area contributed by atoms with Gasteiger partial charge in [-0.1, -0.05) is 33.8 Å². The van der Waals surface area contributed by atoms with Crippen LogP contribution in [-0.2, 0) is 0 Å². The molecule has 0 bridgehead atoms. The molecule has 1 heterocycles. The lowest BCUT2D eigenvalue weighted by Crippen LogP contribution is -2.53. The Kier molecular flexibility index (Phi) is 5.38. The van der Waals surface area contributed by atoms with Crippen LogP contribution in [0.2, 0.25) is 0 Å². The van der Waals surface area contributed by atoms with E-state index in [0.717, 1.165) is 6.42 Å². The molecule has 2 N–H and O–H groups in total. The normalized spacial score (nSPS) is 17.8. The second kappa shape index (κ2) is 6.18. The molecule has 0 fully saturated rings. The van der Waals surface area contributed by atoms with Gasteiger partial charge in [0.1, 0.15) is 0 Å². The molecular weight excluding hydrogens is 240 g/mol. The lowest BCUT2D eigenvalue weighted by molar-refractivity contribution is 0.0700. The van der Waals surface area contributed by atoms with Crippen LogP contribution in [0.1, 0.15) is 52.0 Å². The van der Waals surface area contributed by atoms with Gasteiger partial charge in [0.15, 0.2) is 0 Å². The molecule has 0 aliphatic carbocycles. The summed E-state index contributed by atoms with van der Waals surface area (Å²) in [6.07, 6.45) is 1.02. The predicted octanol–water partition coefficient (Wildman–Crippen LogP) is 3.89. The number of hydrogen-bond acceptors (Lipinski definition) is 3. The van der Waals surface area contributed by atoms with Crippen LogP contribution in [0.25, 0.3) is 0 Å². The zero-order valence-electron chi connectivity index (χ0n) is 12.6. The molecule has 0 saturated carbocycles. The number of thiophene rings is 1. The monoisotopic (exact) mass is 268 g/mol. The summed E-state index contributed by atoms with van der Waals surface area (Å²) in [5, 5.41) is 2.14. The zero-order chi connectivity index (χ0) is 13.9. The van der Waals surface area contributed by atoms with Gasteiger partial charge in [0.05, 0.1) is 0 Å². The highest BCUT2D eigenvalue weighted by atomic mass is 32.1. The van der Waals surface area contributed by atoms with E-state index in [1.165, 1.54) is 4.88 Å². The fourth-order valence-corrected chi connectivity index (χ4v) is 3.58. The van der Waals surface area contributed by atoms with Crippen LogP contribution >= 0.6 is 11.3 Å². The van der Waals surface area contributed by atoms with Gasteiger partial charge < -0.3 is 5.73 Å². The summed E-state index contributed by atoms with van der Waals surface area (Å²) in [6.45, 7) is 11.3. The van der Waals surface area contributed by atoms with Gasteiger partial charge in [-0.15, -0.1) is 11.3 Å². The summed E-state index contributed by atoms with van der Waals surface area (Å²) in [7, 11) is 2.20. The van der Waals surface area contributed by atoms with Gasteiger partial charge in [-0.05, 0) is 37.3 Å². The van der Waals surface area contributed by atoms with Crippen LogP contribution in [0.3, 0.4) is 0 Å². The Bertz CT molecular complexity index is 340. The largest absolute Gasteiger partial charge is 0.326 e. The van der Waals surface area contributed by atoms with Crippen molar-refractivity contribution in [2.75, 3.05) is 7.05 Å². The summed E-state index contributed by atoms with van der Waals surface area (Å²) in [5.41, 5.74) is 6.55. The number of nitrogens with two attached hydrogens (primary N) is 1. The van der Waals surface area contributed by atoms with Gasteiger partial charge in [0, 0.05) is 23.0 Å². The summed E-state index contributed by atoms with van der Waals surface area (Å²) >= 11 is 1.82. The van der Waals surface area contributed by atoms with E-state index in [0.29, 0.717) is 12.1 Å². The Morgan fingerprint density at radius 2 is 2.00 bits per heavy atom. The van der Waals surface area contributed by atoms with Crippen LogP contribution in [0, 0.1) is 5.41 Å². The minimum Gasteiger partial charge on any atom is -0.326 e. The molecule has 1 rings (SSSR count). The highest BCUT2D eigenvalue weighted by Crippen LogP contribution is 2.33. The molecule has 1 aromatic rings. The molecule has 3 atom stereocenters. The molecule has 0 aliphatic rings. The number of hydrogen-bond donors (Lipinski definition) is 1.